The number of carbonyl (C=O) groups is 3. The first-order valence-electron chi connectivity index (χ1n) is 10.4. The van der Waals surface area contributed by atoms with Gasteiger partial charge in [0.05, 0.1) is 31.4 Å². The molecule has 0 aromatic heterocycles. The van der Waals surface area contributed by atoms with Crippen molar-refractivity contribution in [2.24, 2.45) is 0 Å². The first kappa shape index (κ1) is 23.1. The number of hydrogen-bond donors (Lipinski definition) is 1. The lowest BCUT2D eigenvalue weighted by Crippen LogP contribution is -2.37. The number of anilines is 2. The topological polar surface area (TPSA) is 91.4 Å². The van der Waals surface area contributed by atoms with Gasteiger partial charge >= 0.3 is 12.5 Å². The fourth-order valence-electron chi connectivity index (χ4n) is 4.04. The van der Waals surface area contributed by atoms with E-state index in [2.05, 4.69) is 5.32 Å². The van der Waals surface area contributed by atoms with E-state index in [1.54, 1.807) is 6.92 Å². The zero-order valence-corrected chi connectivity index (χ0v) is 17.7. The quantitative estimate of drug-likeness (QED) is 0.655. The average Bonchev–Trinajstić information content (AvgIpc) is 3.38. The van der Waals surface area contributed by atoms with E-state index in [1.807, 2.05) is 0 Å². The summed E-state index contributed by atoms with van der Waals surface area (Å²) in [5.74, 6) is -3.56. The lowest BCUT2D eigenvalue weighted by Gasteiger charge is -2.24. The van der Waals surface area contributed by atoms with E-state index in [9.17, 15) is 31.9 Å². The fraction of sp³-hybridized carbons (Fsp3) is 0.550. The van der Waals surface area contributed by atoms with Gasteiger partial charge in [0.1, 0.15) is 5.69 Å². The second-order valence-electron chi connectivity index (χ2n) is 8.01. The maximum atomic E-state index is 15.0. The van der Waals surface area contributed by atoms with E-state index in [-0.39, 0.29) is 62.9 Å². The van der Waals surface area contributed by atoms with Gasteiger partial charge in [0.2, 0.25) is 5.91 Å². The third-order valence-electron chi connectivity index (χ3n) is 5.87. The van der Waals surface area contributed by atoms with Crippen molar-refractivity contribution < 1.29 is 41.5 Å². The molecule has 2 aliphatic heterocycles. The predicted octanol–water partition coefficient (Wildman–Crippen LogP) is 1.80. The maximum Gasteiger partial charge on any atom is 0.415 e. The number of nitrogens with zero attached hydrogens (tertiary/aromatic N) is 3. The van der Waals surface area contributed by atoms with Gasteiger partial charge in [-0.15, -0.1) is 0 Å². The minimum Gasteiger partial charge on any atom is -0.438 e. The summed E-state index contributed by atoms with van der Waals surface area (Å²) in [5, 5.41) is 3.26. The molecule has 1 aromatic carbocycles. The Balaban J connectivity index is 1.47. The van der Waals surface area contributed by atoms with Gasteiger partial charge in [-0.2, -0.15) is 8.78 Å². The first-order valence-corrected chi connectivity index (χ1v) is 10.4. The first-order chi connectivity index (χ1) is 15.6. The van der Waals surface area contributed by atoms with Gasteiger partial charge < -0.3 is 15.0 Å². The van der Waals surface area contributed by atoms with Crippen molar-refractivity contribution in [2.75, 3.05) is 42.6 Å². The second kappa shape index (κ2) is 8.69. The Morgan fingerprint density at radius 1 is 1.21 bits per heavy atom. The third-order valence-corrected chi connectivity index (χ3v) is 5.87. The van der Waals surface area contributed by atoms with Crippen molar-refractivity contribution in [3.05, 3.63) is 23.8 Å². The van der Waals surface area contributed by atoms with Crippen LogP contribution >= 0.6 is 0 Å². The molecule has 3 fully saturated rings. The average molecular weight is 474 g/mol. The third kappa shape index (κ3) is 4.41. The molecule has 2 heterocycles. The highest BCUT2D eigenvalue weighted by atomic mass is 19.3. The summed E-state index contributed by atoms with van der Waals surface area (Å²) in [5.41, 5.74) is -1.62. The smallest absolute Gasteiger partial charge is 0.415 e. The van der Waals surface area contributed by atoms with E-state index in [0.717, 1.165) is 17.0 Å². The Morgan fingerprint density at radius 2 is 1.91 bits per heavy atom. The van der Waals surface area contributed by atoms with Crippen molar-refractivity contribution >= 4 is 29.3 Å². The summed E-state index contributed by atoms with van der Waals surface area (Å²) in [6.07, 6.45) is -3.75. The molecule has 2 atom stereocenters. The summed E-state index contributed by atoms with van der Waals surface area (Å²) in [6, 6.07) is 1.16. The van der Waals surface area contributed by atoms with Crippen LogP contribution < -0.4 is 15.1 Å². The number of nitrogens with one attached hydrogen (secondary N) is 1. The van der Waals surface area contributed by atoms with Gasteiger partial charge in [-0.05, 0) is 0 Å². The maximum absolute atomic E-state index is 15.0. The molecule has 4 rings (SSSR count). The molecule has 33 heavy (non-hydrogen) atoms. The molecule has 0 radical (unpaired) electrons. The van der Waals surface area contributed by atoms with E-state index < -0.39 is 41.7 Å². The summed E-state index contributed by atoms with van der Waals surface area (Å²) in [7, 11) is 0. The van der Waals surface area contributed by atoms with Crippen molar-refractivity contribution in [2.45, 2.75) is 37.8 Å². The molecular weight excluding hydrogens is 452 g/mol. The van der Waals surface area contributed by atoms with Gasteiger partial charge in [0.25, 0.3) is 5.91 Å². The predicted molar refractivity (Wildman–Crippen MR) is 106 cm³/mol. The second-order valence-corrected chi connectivity index (χ2v) is 8.01. The molecule has 1 aromatic rings. The Kier molecular flexibility index (Phi) is 6.08. The number of halogens is 4. The van der Waals surface area contributed by atoms with Gasteiger partial charge in [0.15, 0.2) is 17.2 Å². The van der Waals surface area contributed by atoms with Crippen LogP contribution in [-0.4, -0.2) is 73.8 Å². The highest BCUT2D eigenvalue weighted by Crippen LogP contribution is 2.46. The summed E-state index contributed by atoms with van der Waals surface area (Å²) >= 11 is 0. The normalized spacial score (nSPS) is 24.8. The lowest BCUT2D eigenvalue weighted by molar-refractivity contribution is -0.181. The monoisotopic (exact) mass is 474 g/mol. The molecule has 2 saturated heterocycles. The largest absolute Gasteiger partial charge is 0.438 e. The Morgan fingerprint density at radius 3 is 2.55 bits per heavy atom. The minimum atomic E-state index is -3.21. The van der Waals surface area contributed by atoms with Crippen molar-refractivity contribution in [3.63, 3.8) is 0 Å². The fourth-order valence-corrected chi connectivity index (χ4v) is 4.04. The SMILES string of the molecule is CCC(=O)N1CCN(c2c(F)cc(N3CC4(CC4NC(=O)C(F)F)OC3=O)cc2F)CCO1. The van der Waals surface area contributed by atoms with E-state index in [1.165, 1.54) is 9.96 Å². The molecule has 1 N–H and O–H groups in total. The Labute approximate surface area is 186 Å². The zero-order valence-electron chi connectivity index (χ0n) is 17.7. The summed E-state index contributed by atoms with van der Waals surface area (Å²) in [6.45, 7) is 1.99. The van der Waals surface area contributed by atoms with Crippen LogP contribution in [0.3, 0.4) is 0 Å². The van der Waals surface area contributed by atoms with Crippen LogP contribution in [0.1, 0.15) is 19.8 Å². The van der Waals surface area contributed by atoms with Gasteiger partial charge in [-0.3, -0.25) is 19.3 Å². The lowest BCUT2D eigenvalue weighted by atomic mass is 10.2. The van der Waals surface area contributed by atoms with Crippen molar-refractivity contribution in [1.29, 1.82) is 0 Å². The van der Waals surface area contributed by atoms with Crippen LogP contribution in [0, 0.1) is 11.6 Å². The van der Waals surface area contributed by atoms with Crippen LogP contribution in [-0.2, 0) is 19.2 Å². The number of benzene rings is 1. The van der Waals surface area contributed by atoms with Crippen molar-refractivity contribution in [3.8, 4) is 0 Å². The minimum absolute atomic E-state index is 0.0546. The molecule has 1 aliphatic carbocycles. The van der Waals surface area contributed by atoms with E-state index in [4.69, 9.17) is 9.57 Å². The van der Waals surface area contributed by atoms with Crippen LogP contribution in [0.2, 0.25) is 0 Å². The van der Waals surface area contributed by atoms with E-state index >= 15 is 0 Å². The highest BCUT2D eigenvalue weighted by molar-refractivity contribution is 5.92. The molecule has 1 saturated carbocycles. The standard InChI is InChI=1S/C20H22F4N4O5/c1-2-15(29)28-4-3-26(5-6-32-28)16-12(21)7-11(8-13(16)22)27-10-20(33-19(27)31)9-14(20)25-18(30)17(23)24/h7-8,14,17H,2-6,9-10H2,1H3,(H,25,30). The van der Waals surface area contributed by atoms with Gasteiger partial charge in [-0.25, -0.2) is 18.6 Å². The number of ether oxygens (including phenoxy) is 1. The van der Waals surface area contributed by atoms with E-state index in [0.29, 0.717) is 0 Å². The molecule has 0 bridgehead atoms. The Hall–Kier alpha value is -3.09. The van der Waals surface area contributed by atoms with Crippen molar-refractivity contribution in [1.82, 2.24) is 10.4 Å². The molecule has 180 valence electrons. The summed E-state index contributed by atoms with van der Waals surface area (Å²) < 4.78 is 60.0. The number of hydroxylamine groups is 2. The molecule has 3 amide bonds. The van der Waals surface area contributed by atoms with Crippen LogP contribution in [0.15, 0.2) is 12.1 Å². The van der Waals surface area contributed by atoms with Gasteiger partial charge in [-0.1, -0.05) is 6.92 Å². The molecule has 13 heteroatoms. The van der Waals surface area contributed by atoms with Crippen LogP contribution in [0.25, 0.3) is 0 Å². The zero-order chi connectivity index (χ0) is 23.9. The molecule has 2 unspecified atom stereocenters. The number of amides is 3. The van der Waals surface area contributed by atoms with Gasteiger partial charge in [0, 0.05) is 38.1 Å². The van der Waals surface area contributed by atoms with Crippen LogP contribution in [0.4, 0.5) is 33.7 Å². The number of rotatable bonds is 5. The number of hydrogen-bond acceptors (Lipinski definition) is 6. The highest BCUT2D eigenvalue weighted by Gasteiger charge is 2.64. The molecule has 1 spiro atoms. The van der Waals surface area contributed by atoms with Crippen LogP contribution in [0.5, 0.6) is 0 Å². The summed E-state index contributed by atoms with van der Waals surface area (Å²) in [4.78, 5) is 43.1. The molecule has 9 nitrogen and oxygen atoms in total. The molecule has 3 aliphatic rings. The molecular formula is C20H22F4N4O5. The Bertz CT molecular complexity index is 957. The number of alkyl halides is 2. The number of carbonyl (C=O) groups excluding carboxylic acids is 3.